The molecule has 58 valence electrons. The van der Waals surface area contributed by atoms with Crippen molar-refractivity contribution >= 4 is 11.8 Å². The molecule has 0 fully saturated rings. The number of methoxy groups -OCH3 is 1. The molecule has 0 aliphatic heterocycles. The molecule has 0 unspecified atom stereocenters. The van der Waals surface area contributed by atoms with Crippen LogP contribution < -0.4 is 0 Å². The minimum Gasteiger partial charge on any atom is -0.458 e. The maximum atomic E-state index is 10.5. The highest BCUT2D eigenvalue weighted by Gasteiger charge is 2.01. The third-order valence-electron chi connectivity index (χ3n) is 0.742. The van der Waals surface area contributed by atoms with Crippen LogP contribution in [0.2, 0.25) is 0 Å². The Morgan fingerprint density at radius 1 is 1.30 bits per heavy atom. The summed E-state index contributed by atoms with van der Waals surface area (Å²) in [7, 11) is 1.41. The van der Waals surface area contributed by atoms with Crippen molar-refractivity contribution in [3.05, 3.63) is 0 Å². The Hall–Kier alpha value is -0.900. The third-order valence-corrected chi connectivity index (χ3v) is 0.742. The number of carbonyl (C=O) groups is 2. The number of ketones is 1. The number of hydrogen-bond acceptors (Lipinski definition) is 4. The summed E-state index contributed by atoms with van der Waals surface area (Å²) in [5.74, 6) is -0.692. The molecule has 0 aliphatic rings. The molecule has 0 aromatic heterocycles. The smallest absolute Gasteiger partial charge is 0.303 e. The molecule has 4 nitrogen and oxygen atoms in total. The monoisotopic (exact) mass is 146 g/mol. The molecule has 0 aromatic rings. The average Bonchev–Trinajstić information content (AvgIpc) is 1.85. The summed E-state index contributed by atoms with van der Waals surface area (Å²) in [5.41, 5.74) is 0. The second-order valence-corrected chi connectivity index (χ2v) is 1.75. The summed E-state index contributed by atoms with van der Waals surface area (Å²) in [6.45, 7) is 1.05. The molecule has 0 N–H and O–H groups in total. The summed E-state index contributed by atoms with van der Waals surface area (Å²) in [6, 6.07) is 0. The van der Waals surface area contributed by atoms with E-state index in [1.54, 1.807) is 0 Å². The fourth-order valence-electron chi connectivity index (χ4n) is 0.385. The Kier molecular flexibility index (Phi) is 4.49. The molecule has 0 rings (SSSR count). The van der Waals surface area contributed by atoms with E-state index in [4.69, 9.17) is 0 Å². The summed E-state index contributed by atoms with van der Waals surface area (Å²) >= 11 is 0. The van der Waals surface area contributed by atoms with E-state index in [1.807, 2.05) is 0 Å². The lowest BCUT2D eigenvalue weighted by Crippen LogP contribution is -2.15. The summed E-state index contributed by atoms with van der Waals surface area (Å²) in [6.07, 6.45) is 0. The predicted molar refractivity (Wildman–Crippen MR) is 33.5 cm³/mol. The Morgan fingerprint density at radius 3 is 2.30 bits per heavy atom. The topological polar surface area (TPSA) is 52.6 Å². The Bertz CT molecular complexity index is 130. The van der Waals surface area contributed by atoms with Crippen molar-refractivity contribution in [1.29, 1.82) is 0 Å². The second kappa shape index (κ2) is 4.93. The molecule has 0 aliphatic carbocycles. The second-order valence-electron chi connectivity index (χ2n) is 1.75. The number of esters is 1. The van der Waals surface area contributed by atoms with Crippen molar-refractivity contribution in [2.24, 2.45) is 0 Å². The fraction of sp³-hybridized carbons (Fsp3) is 0.667. The SMILES string of the molecule is COCC(=O)COC(C)=O. The van der Waals surface area contributed by atoms with Gasteiger partial charge in [0.05, 0.1) is 0 Å². The van der Waals surface area contributed by atoms with Crippen molar-refractivity contribution in [2.75, 3.05) is 20.3 Å². The molecule has 0 saturated carbocycles. The van der Waals surface area contributed by atoms with Gasteiger partial charge in [-0.05, 0) is 0 Å². The molecule has 0 amide bonds. The maximum Gasteiger partial charge on any atom is 0.303 e. The quantitative estimate of drug-likeness (QED) is 0.514. The van der Waals surface area contributed by atoms with Crippen LogP contribution in [0.25, 0.3) is 0 Å². The van der Waals surface area contributed by atoms with E-state index in [2.05, 4.69) is 9.47 Å². The maximum absolute atomic E-state index is 10.5. The first kappa shape index (κ1) is 9.10. The van der Waals surface area contributed by atoms with Crippen LogP contribution in [0.4, 0.5) is 0 Å². The van der Waals surface area contributed by atoms with E-state index in [1.165, 1.54) is 14.0 Å². The van der Waals surface area contributed by atoms with Gasteiger partial charge in [-0.25, -0.2) is 0 Å². The fourth-order valence-corrected chi connectivity index (χ4v) is 0.385. The highest BCUT2D eigenvalue weighted by Crippen LogP contribution is 1.79. The van der Waals surface area contributed by atoms with Crippen molar-refractivity contribution in [3.63, 3.8) is 0 Å². The molecule has 0 spiro atoms. The van der Waals surface area contributed by atoms with E-state index in [0.29, 0.717) is 0 Å². The number of carbonyl (C=O) groups excluding carboxylic acids is 2. The van der Waals surface area contributed by atoms with Crippen LogP contribution in [0.3, 0.4) is 0 Å². The Morgan fingerprint density at radius 2 is 1.90 bits per heavy atom. The van der Waals surface area contributed by atoms with E-state index >= 15 is 0 Å². The third kappa shape index (κ3) is 5.24. The van der Waals surface area contributed by atoms with Crippen LogP contribution in [0.15, 0.2) is 0 Å². The first-order valence-corrected chi connectivity index (χ1v) is 2.81. The van der Waals surface area contributed by atoms with Crippen LogP contribution in [0.5, 0.6) is 0 Å². The van der Waals surface area contributed by atoms with Crippen LogP contribution in [0, 0.1) is 0 Å². The van der Waals surface area contributed by atoms with Crippen LogP contribution in [-0.4, -0.2) is 32.1 Å². The highest BCUT2D eigenvalue weighted by atomic mass is 16.5. The van der Waals surface area contributed by atoms with Crippen molar-refractivity contribution in [2.45, 2.75) is 6.92 Å². The zero-order chi connectivity index (χ0) is 7.98. The molecule has 0 atom stereocenters. The average molecular weight is 146 g/mol. The summed E-state index contributed by atoms with van der Waals surface area (Å²) < 4.78 is 8.88. The highest BCUT2D eigenvalue weighted by molar-refractivity contribution is 5.82. The van der Waals surface area contributed by atoms with Crippen molar-refractivity contribution < 1.29 is 19.1 Å². The summed E-state index contributed by atoms with van der Waals surface area (Å²) in [5, 5.41) is 0. The van der Waals surface area contributed by atoms with Gasteiger partial charge in [-0.1, -0.05) is 0 Å². The first-order chi connectivity index (χ1) is 4.66. The van der Waals surface area contributed by atoms with Crippen molar-refractivity contribution in [1.82, 2.24) is 0 Å². The van der Waals surface area contributed by atoms with Gasteiger partial charge in [0.2, 0.25) is 0 Å². The molecule has 0 heterocycles. The molecule has 4 heteroatoms. The van der Waals surface area contributed by atoms with Gasteiger partial charge in [0.25, 0.3) is 0 Å². The zero-order valence-corrected chi connectivity index (χ0v) is 6.05. The normalized spacial score (nSPS) is 9.00. The lowest BCUT2D eigenvalue weighted by Gasteiger charge is -1.98. The molecule has 0 saturated heterocycles. The van der Waals surface area contributed by atoms with Crippen molar-refractivity contribution in [3.8, 4) is 0 Å². The number of ether oxygens (including phenoxy) is 2. The van der Waals surface area contributed by atoms with Gasteiger partial charge in [0.15, 0.2) is 12.4 Å². The van der Waals surface area contributed by atoms with Gasteiger partial charge in [-0.2, -0.15) is 0 Å². The predicted octanol–water partition coefficient (Wildman–Crippen LogP) is -0.235. The van der Waals surface area contributed by atoms with Crippen LogP contribution in [0.1, 0.15) is 6.92 Å². The molecule has 0 bridgehead atoms. The van der Waals surface area contributed by atoms with Gasteiger partial charge in [-0.15, -0.1) is 0 Å². The first-order valence-electron chi connectivity index (χ1n) is 2.81. The zero-order valence-electron chi connectivity index (χ0n) is 6.05. The van der Waals surface area contributed by atoms with E-state index in [0.717, 1.165) is 0 Å². The molecular weight excluding hydrogens is 136 g/mol. The number of rotatable bonds is 4. The van der Waals surface area contributed by atoms with Crippen LogP contribution in [-0.2, 0) is 19.1 Å². The Labute approximate surface area is 59.1 Å². The van der Waals surface area contributed by atoms with Gasteiger partial charge >= 0.3 is 5.97 Å². The van der Waals surface area contributed by atoms with E-state index in [-0.39, 0.29) is 19.0 Å². The minimum absolute atomic E-state index is 0.00667. The number of hydrogen-bond donors (Lipinski definition) is 0. The molecule has 0 aromatic carbocycles. The minimum atomic E-state index is -0.454. The lowest BCUT2D eigenvalue weighted by molar-refractivity contribution is -0.146. The summed E-state index contributed by atoms with van der Waals surface area (Å²) in [4.78, 5) is 20.7. The lowest BCUT2D eigenvalue weighted by atomic mass is 10.4. The van der Waals surface area contributed by atoms with Gasteiger partial charge in [0, 0.05) is 14.0 Å². The molecular formula is C6H10O4. The molecule has 10 heavy (non-hydrogen) atoms. The van der Waals surface area contributed by atoms with Gasteiger partial charge in [0.1, 0.15) is 6.61 Å². The molecule has 0 radical (unpaired) electrons. The van der Waals surface area contributed by atoms with Crippen LogP contribution >= 0.6 is 0 Å². The largest absolute Gasteiger partial charge is 0.458 e. The van der Waals surface area contributed by atoms with E-state index < -0.39 is 5.97 Å². The standard InChI is InChI=1S/C6H10O4/c1-5(7)10-4-6(8)3-9-2/h3-4H2,1-2H3. The Balaban J connectivity index is 3.30. The van der Waals surface area contributed by atoms with E-state index in [9.17, 15) is 9.59 Å². The van der Waals surface area contributed by atoms with Gasteiger partial charge in [-0.3, -0.25) is 9.59 Å². The number of Topliss-reactive ketones (excluding diaryl/α,β-unsaturated/α-hetero) is 1. The van der Waals surface area contributed by atoms with Gasteiger partial charge < -0.3 is 9.47 Å².